The first-order valence-corrected chi connectivity index (χ1v) is 4.43. The number of hydrogen-bond acceptors (Lipinski definition) is 3. The quantitative estimate of drug-likeness (QED) is 0.705. The number of hydrogen-bond donors (Lipinski definition) is 2. The van der Waals surface area contributed by atoms with E-state index in [0.29, 0.717) is 12.8 Å². The second-order valence-corrected chi connectivity index (χ2v) is 3.59. The summed E-state index contributed by atoms with van der Waals surface area (Å²) in [5, 5.41) is 11.2. The number of halogens is 3. The van der Waals surface area contributed by atoms with Gasteiger partial charge in [-0.05, 0) is 12.8 Å². The lowest BCUT2D eigenvalue weighted by Gasteiger charge is -2.14. The summed E-state index contributed by atoms with van der Waals surface area (Å²) in [6.07, 6.45) is -3.13. The topological polar surface area (TPSA) is 58.6 Å². The fraction of sp³-hybridized carbons (Fsp3) is 0.875. The zero-order valence-corrected chi connectivity index (χ0v) is 7.93. The fourth-order valence-corrected chi connectivity index (χ4v) is 1.06. The highest BCUT2D eigenvalue weighted by molar-refractivity contribution is 5.78. The summed E-state index contributed by atoms with van der Waals surface area (Å²) in [4.78, 5) is 11.0. The lowest BCUT2D eigenvalue weighted by Crippen LogP contribution is -2.41. The number of ether oxygens (including phenoxy) is 1. The molecule has 0 radical (unpaired) electrons. The third kappa shape index (κ3) is 4.48. The third-order valence-corrected chi connectivity index (χ3v) is 2.06. The summed E-state index contributed by atoms with van der Waals surface area (Å²) >= 11 is 0. The number of carbonyl (C=O) groups excluding carboxylic acids is 1. The van der Waals surface area contributed by atoms with Gasteiger partial charge in [-0.3, -0.25) is 4.79 Å². The van der Waals surface area contributed by atoms with Crippen LogP contribution in [0.4, 0.5) is 13.2 Å². The summed E-state index contributed by atoms with van der Waals surface area (Å²) in [6, 6.07) is 0. The van der Waals surface area contributed by atoms with Gasteiger partial charge in [-0.1, -0.05) is 0 Å². The summed E-state index contributed by atoms with van der Waals surface area (Å²) in [5.74, 6) is -0.634. The molecule has 88 valence electrons. The minimum atomic E-state index is -4.42. The van der Waals surface area contributed by atoms with Crippen molar-refractivity contribution >= 4 is 5.91 Å². The van der Waals surface area contributed by atoms with Crippen molar-refractivity contribution in [1.82, 2.24) is 5.32 Å². The van der Waals surface area contributed by atoms with Crippen LogP contribution in [-0.2, 0) is 9.53 Å². The molecule has 0 unspecified atom stereocenters. The Hall–Kier alpha value is -0.820. The molecule has 2 N–H and O–H groups in total. The van der Waals surface area contributed by atoms with E-state index >= 15 is 0 Å². The van der Waals surface area contributed by atoms with Crippen molar-refractivity contribution in [3.63, 3.8) is 0 Å². The number of carbonyl (C=O) groups is 1. The van der Waals surface area contributed by atoms with Crippen LogP contribution in [0.1, 0.15) is 12.8 Å². The molecule has 0 spiro atoms. The first-order valence-electron chi connectivity index (χ1n) is 4.43. The first-order chi connectivity index (χ1) is 6.87. The molecule has 4 nitrogen and oxygen atoms in total. The van der Waals surface area contributed by atoms with Gasteiger partial charge in [0, 0.05) is 0 Å². The van der Waals surface area contributed by atoms with Crippen molar-refractivity contribution in [3.8, 4) is 0 Å². The highest BCUT2D eigenvalue weighted by atomic mass is 19.4. The van der Waals surface area contributed by atoms with Crippen molar-refractivity contribution in [2.45, 2.75) is 24.6 Å². The molecule has 1 saturated carbocycles. The summed E-state index contributed by atoms with van der Waals surface area (Å²) in [7, 11) is 0. The van der Waals surface area contributed by atoms with Crippen LogP contribution < -0.4 is 5.32 Å². The average molecular weight is 227 g/mol. The summed E-state index contributed by atoms with van der Waals surface area (Å²) in [5.41, 5.74) is -0.612. The molecule has 1 aliphatic carbocycles. The van der Waals surface area contributed by atoms with Crippen LogP contribution in [0.25, 0.3) is 0 Å². The number of aliphatic hydroxyl groups excluding tert-OH is 1. The van der Waals surface area contributed by atoms with Gasteiger partial charge in [-0.15, -0.1) is 0 Å². The molecule has 0 aromatic carbocycles. The fourth-order valence-electron chi connectivity index (χ4n) is 1.06. The van der Waals surface area contributed by atoms with Gasteiger partial charge in [0.15, 0.2) is 0 Å². The Kier molecular flexibility index (Phi) is 3.56. The van der Waals surface area contributed by atoms with Gasteiger partial charge in [-0.25, -0.2) is 0 Å². The van der Waals surface area contributed by atoms with Gasteiger partial charge < -0.3 is 15.2 Å². The standard InChI is InChI=1S/C8H12F3NO3/c9-8(10,11)5-15-3-6(14)12-7(4-13)1-2-7/h13H,1-5H2,(H,12,14). The molecule has 1 aliphatic rings. The molecule has 1 fully saturated rings. The monoisotopic (exact) mass is 227 g/mol. The van der Waals surface area contributed by atoms with E-state index in [0.717, 1.165) is 0 Å². The van der Waals surface area contributed by atoms with Crippen LogP contribution in [0.5, 0.6) is 0 Å². The number of nitrogens with one attached hydrogen (secondary N) is 1. The smallest absolute Gasteiger partial charge is 0.394 e. The zero-order valence-electron chi connectivity index (χ0n) is 7.93. The molecule has 0 heterocycles. The Balaban J connectivity index is 2.14. The predicted molar refractivity (Wildman–Crippen MR) is 44.1 cm³/mol. The lowest BCUT2D eigenvalue weighted by molar-refractivity contribution is -0.175. The van der Waals surface area contributed by atoms with E-state index in [1.807, 2.05) is 0 Å². The second kappa shape index (κ2) is 4.36. The summed E-state index contributed by atoms with van der Waals surface area (Å²) in [6.45, 7) is -2.27. The first kappa shape index (κ1) is 12.3. The van der Waals surface area contributed by atoms with Gasteiger partial charge in [0.1, 0.15) is 13.2 Å². The number of aliphatic hydroxyl groups is 1. The molecule has 0 aromatic rings. The van der Waals surface area contributed by atoms with Crippen molar-refractivity contribution in [3.05, 3.63) is 0 Å². The number of amides is 1. The molecule has 7 heteroatoms. The third-order valence-electron chi connectivity index (χ3n) is 2.06. The van der Waals surface area contributed by atoms with Crippen LogP contribution in [0.15, 0.2) is 0 Å². The highest BCUT2D eigenvalue weighted by Crippen LogP contribution is 2.34. The maximum atomic E-state index is 11.6. The second-order valence-electron chi connectivity index (χ2n) is 3.59. The average Bonchev–Trinajstić information content (AvgIpc) is 2.83. The molecule has 1 amide bonds. The molecule has 0 aliphatic heterocycles. The van der Waals surface area contributed by atoms with Gasteiger partial charge >= 0.3 is 6.18 Å². The molecule has 1 rings (SSSR count). The Bertz CT molecular complexity index is 238. The van der Waals surface area contributed by atoms with Crippen molar-refractivity contribution < 1.29 is 27.8 Å². The van der Waals surface area contributed by atoms with E-state index in [9.17, 15) is 18.0 Å². The van der Waals surface area contributed by atoms with Gasteiger partial charge in [0.25, 0.3) is 0 Å². The van der Waals surface area contributed by atoms with Crippen LogP contribution in [0, 0.1) is 0 Å². The molecule has 0 atom stereocenters. The zero-order chi connectivity index (χ0) is 11.5. The molecule has 15 heavy (non-hydrogen) atoms. The molecular weight excluding hydrogens is 215 g/mol. The SMILES string of the molecule is O=C(COCC(F)(F)F)NC1(CO)CC1. The normalized spacial score (nSPS) is 18.7. The van der Waals surface area contributed by atoms with E-state index < -0.39 is 30.8 Å². The minimum absolute atomic E-state index is 0.196. The van der Waals surface area contributed by atoms with Crippen molar-refractivity contribution in [1.29, 1.82) is 0 Å². The van der Waals surface area contributed by atoms with E-state index in [2.05, 4.69) is 10.1 Å². The maximum absolute atomic E-state index is 11.6. The van der Waals surface area contributed by atoms with Crippen LogP contribution >= 0.6 is 0 Å². The predicted octanol–water partition coefficient (Wildman–Crippen LogP) is 0.206. The number of alkyl halides is 3. The summed E-state index contributed by atoms with van der Waals surface area (Å²) < 4.78 is 39.0. The van der Waals surface area contributed by atoms with E-state index in [1.54, 1.807) is 0 Å². The molecule has 0 saturated heterocycles. The minimum Gasteiger partial charge on any atom is -0.394 e. The van der Waals surface area contributed by atoms with E-state index in [-0.39, 0.29) is 6.61 Å². The largest absolute Gasteiger partial charge is 0.411 e. The Labute approximate surface area is 84.4 Å². The van der Waals surface area contributed by atoms with E-state index in [1.165, 1.54) is 0 Å². The van der Waals surface area contributed by atoms with Crippen LogP contribution in [0.2, 0.25) is 0 Å². The van der Waals surface area contributed by atoms with Crippen molar-refractivity contribution in [2.24, 2.45) is 0 Å². The highest BCUT2D eigenvalue weighted by Gasteiger charge is 2.43. The Morgan fingerprint density at radius 3 is 2.47 bits per heavy atom. The van der Waals surface area contributed by atoms with Gasteiger partial charge in [0.05, 0.1) is 12.1 Å². The van der Waals surface area contributed by atoms with Gasteiger partial charge in [-0.2, -0.15) is 13.2 Å². The number of rotatable bonds is 5. The molecule has 0 bridgehead atoms. The van der Waals surface area contributed by atoms with E-state index in [4.69, 9.17) is 5.11 Å². The van der Waals surface area contributed by atoms with Crippen LogP contribution in [0.3, 0.4) is 0 Å². The molecular formula is C8H12F3NO3. The Morgan fingerprint density at radius 2 is 2.07 bits per heavy atom. The molecule has 0 aromatic heterocycles. The van der Waals surface area contributed by atoms with Crippen molar-refractivity contribution in [2.75, 3.05) is 19.8 Å². The van der Waals surface area contributed by atoms with Crippen LogP contribution in [-0.4, -0.2) is 42.5 Å². The maximum Gasteiger partial charge on any atom is 0.411 e. The lowest BCUT2D eigenvalue weighted by atomic mass is 10.3. The Morgan fingerprint density at radius 1 is 1.47 bits per heavy atom. The van der Waals surface area contributed by atoms with Gasteiger partial charge in [0.2, 0.25) is 5.91 Å².